The largest absolute Gasteiger partial charge is 0.416 e. The van der Waals surface area contributed by atoms with E-state index in [1.165, 1.54) is 12.1 Å². The highest BCUT2D eigenvalue weighted by Gasteiger charge is 2.30. The Bertz CT molecular complexity index is 1120. The molecule has 2 aromatic carbocycles. The van der Waals surface area contributed by atoms with E-state index in [0.29, 0.717) is 16.9 Å². The number of alkyl halides is 3. The van der Waals surface area contributed by atoms with E-state index >= 15 is 0 Å². The third-order valence-electron chi connectivity index (χ3n) is 3.96. The average molecular weight is 371 g/mol. The number of aromatic nitrogens is 4. The maximum absolute atomic E-state index is 12.9. The second-order valence-electron chi connectivity index (χ2n) is 5.78. The zero-order valence-electron chi connectivity index (χ0n) is 13.6. The predicted octanol–water partition coefficient (Wildman–Crippen LogP) is 4.22. The number of nitrogens with one attached hydrogen (secondary N) is 3. The number of fused-ring (bicyclic) bond motifs is 1. The number of benzene rings is 2. The predicted molar refractivity (Wildman–Crippen MR) is 93.1 cm³/mol. The molecular formula is C18H12F3N5O. The van der Waals surface area contributed by atoms with E-state index in [1.807, 2.05) is 0 Å². The topological polar surface area (TPSA) is 86.5 Å². The van der Waals surface area contributed by atoms with Crippen LogP contribution in [0.4, 0.5) is 19.0 Å². The summed E-state index contributed by atoms with van der Waals surface area (Å²) in [5.41, 5.74) is 0.691. The van der Waals surface area contributed by atoms with Gasteiger partial charge in [0.25, 0.3) is 5.91 Å². The van der Waals surface area contributed by atoms with Crippen LogP contribution in [0.5, 0.6) is 0 Å². The van der Waals surface area contributed by atoms with Crippen LogP contribution in [-0.4, -0.2) is 26.1 Å². The van der Waals surface area contributed by atoms with E-state index in [2.05, 4.69) is 25.5 Å². The Hall–Kier alpha value is -3.62. The van der Waals surface area contributed by atoms with Crippen LogP contribution in [0.3, 0.4) is 0 Å². The van der Waals surface area contributed by atoms with Gasteiger partial charge in [0, 0.05) is 17.8 Å². The Kier molecular flexibility index (Phi) is 3.91. The number of imidazole rings is 1. The van der Waals surface area contributed by atoms with Gasteiger partial charge in [-0.2, -0.15) is 18.3 Å². The monoisotopic (exact) mass is 371 g/mol. The molecule has 3 N–H and O–H groups in total. The molecule has 0 spiro atoms. The Balaban J connectivity index is 1.74. The first-order valence-electron chi connectivity index (χ1n) is 7.89. The van der Waals surface area contributed by atoms with Crippen molar-refractivity contribution in [3.63, 3.8) is 0 Å². The summed E-state index contributed by atoms with van der Waals surface area (Å²) < 4.78 is 38.8. The first-order chi connectivity index (χ1) is 12.9. The molecule has 0 saturated heterocycles. The maximum Gasteiger partial charge on any atom is 0.416 e. The quantitative estimate of drug-likeness (QED) is 0.504. The third kappa shape index (κ3) is 3.26. The Morgan fingerprint density at radius 2 is 1.89 bits per heavy atom. The number of rotatable bonds is 3. The Morgan fingerprint density at radius 3 is 2.63 bits per heavy atom. The zero-order valence-corrected chi connectivity index (χ0v) is 13.6. The highest BCUT2D eigenvalue weighted by atomic mass is 19.4. The standard InChI is InChI=1S/C18H12F3N5O/c19-18(20,21)11-4-1-3-10(9-11)16-23-13-6-2-5-12(15(13)25-16)17(27)24-14-7-8-22-26-14/h1-9H,(H,23,25)(H2,22,24,26,27). The molecule has 0 atom stereocenters. The molecule has 0 aliphatic carbocycles. The smallest absolute Gasteiger partial charge is 0.338 e. The van der Waals surface area contributed by atoms with E-state index in [1.54, 1.807) is 30.5 Å². The fourth-order valence-electron chi connectivity index (χ4n) is 2.71. The lowest BCUT2D eigenvalue weighted by atomic mass is 10.1. The van der Waals surface area contributed by atoms with Crippen molar-refractivity contribution in [2.75, 3.05) is 5.32 Å². The van der Waals surface area contributed by atoms with Crippen molar-refractivity contribution < 1.29 is 18.0 Å². The van der Waals surface area contributed by atoms with Crippen molar-refractivity contribution in [1.82, 2.24) is 20.2 Å². The fourth-order valence-corrected chi connectivity index (χ4v) is 2.71. The van der Waals surface area contributed by atoms with Gasteiger partial charge < -0.3 is 10.3 Å². The van der Waals surface area contributed by atoms with Gasteiger partial charge in [-0.1, -0.05) is 18.2 Å². The highest BCUT2D eigenvalue weighted by molar-refractivity contribution is 6.11. The summed E-state index contributed by atoms with van der Waals surface area (Å²) in [6, 6.07) is 11.4. The molecule has 4 rings (SSSR count). The molecule has 136 valence electrons. The van der Waals surface area contributed by atoms with E-state index in [0.717, 1.165) is 12.1 Å². The summed E-state index contributed by atoms with van der Waals surface area (Å²) in [4.78, 5) is 19.8. The second kappa shape index (κ2) is 6.27. The molecule has 0 fully saturated rings. The lowest BCUT2D eigenvalue weighted by Gasteiger charge is -2.07. The number of anilines is 1. The number of amides is 1. The normalized spacial score (nSPS) is 11.7. The van der Waals surface area contributed by atoms with E-state index in [9.17, 15) is 18.0 Å². The van der Waals surface area contributed by atoms with Crippen LogP contribution in [0.2, 0.25) is 0 Å². The van der Waals surface area contributed by atoms with E-state index in [-0.39, 0.29) is 17.0 Å². The SMILES string of the molecule is O=C(Nc1cc[nH]n1)c1cccc2[nH]c(-c3cccc(C(F)(F)F)c3)nc12. The Morgan fingerprint density at radius 1 is 1.07 bits per heavy atom. The molecule has 6 nitrogen and oxygen atoms in total. The van der Waals surface area contributed by atoms with Crippen molar-refractivity contribution >= 4 is 22.8 Å². The van der Waals surface area contributed by atoms with Crippen molar-refractivity contribution in [3.8, 4) is 11.4 Å². The minimum absolute atomic E-state index is 0.246. The molecule has 0 aliphatic rings. The lowest BCUT2D eigenvalue weighted by Crippen LogP contribution is -2.12. The zero-order chi connectivity index (χ0) is 19.0. The van der Waals surface area contributed by atoms with Gasteiger partial charge in [-0.25, -0.2) is 4.98 Å². The number of carbonyl (C=O) groups is 1. The van der Waals surface area contributed by atoms with Gasteiger partial charge in [-0.15, -0.1) is 0 Å². The minimum atomic E-state index is -4.45. The summed E-state index contributed by atoms with van der Waals surface area (Å²) in [6.45, 7) is 0. The first-order valence-corrected chi connectivity index (χ1v) is 7.89. The van der Waals surface area contributed by atoms with Gasteiger partial charge >= 0.3 is 6.18 Å². The van der Waals surface area contributed by atoms with E-state index in [4.69, 9.17) is 0 Å². The molecule has 0 radical (unpaired) electrons. The van der Waals surface area contributed by atoms with Crippen molar-refractivity contribution in [2.24, 2.45) is 0 Å². The number of nitrogens with zero attached hydrogens (tertiary/aromatic N) is 2. The van der Waals surface area contributed by atoms with Crippen molar-refractivity contribution in [1.29, 1.82) is 0 Å². The van der Waals surface area contributed by atoms with Gasteiger partial charge in [0.05, 0.1) is 16.6 Å². The molecule has 1 amide bonds. The molecule has 0 saturated carbocycles. The summed E-state index contributed by atoms with van der Waals surface area (Å²) in [6.07, 6.45) is -2.88. The van der Waals surface area contributed by atoms with Gasteiger partial charge in [0.15, 0.2) is 5.82 Å². The molecule has 2 heterocycles. The number of carbonyl (C=O) groups excluding carboxylic acids is 1. The molecule has 27 heavy (non-hydrogen) atoms. The number of aromatic amines is 2. The van der Waals surface area contributed by atoms with Crippen LogP contribution in [0.25, 0.3) is 22.4 Å². The summed E-state index contributed by atoms with van der Waals surface area (Å²) >= 11 is 0. The van der Waals surface area contributed by atoms with Gasteiger partial charge in [0.1, 0.15) is 11.3 Å². The second-order valence-corrected chi connectivity index (χ2v) is 5.78. The molecule has 0 unspecified atom stereocenters. The maximum atomic E-state index is 12.9. The number of para-hydroxylation sites is 1. The molecule has 0 bridgehead atoms. The van der Waals surface area contributed by atoms with E-state index < -0.39 is 17.6 Å². The van der Waals surface area contributed by atoms with Gasteiger partial charge in [-0.05, 0) is 24.3 Å². The molecule has 4 aromatic rings. The van der Waals surface area contributed by atoms with Crippen LogP contribution in [-0.2, 0) is 6.18 Å². The molecule has 0 aliphatic heterocycles. The van der Waals surface area contributed by atoms with Crippen LogP contribution in [0.15, 0.2) is 54.7 Å². The van der Waals surface area contributed by atoms with Gasteiger partial charge in [-0.3, -0.25) is 9.89 Å². The van der Waals surface area contributed by atoms with Crippen molar-refractivity contribution in [2.45, 2.75) is 6.18 Å². The van der Waals surface area contributed by atoms with Crippen LogP contribution >= 0.6 is 0 Å². The molecule has 9 heteroatoms. The lowest BCUT2D eigenvalue weighted by molar-refractivity contribution is -0.137. The first kappa shape index (κ1) is 16.8. The average Bonchev–Trinajstić information content (AvgIpc) is 3.30. The van der Waals surface area contributed by atoms with Crippen molar-refractivity contribution in [3.05, 3.63) is 65.9 Å². The number of hydrogen-bond donors (Lipinski definition) is 3. The molecule has 2 aromatic heterocycles. The fraction of sp³-hybridized carbons (Fsp3) is 0.0556. The number of hydrogen-bond acceptors (Lipinski definition) is 3. The third-order valence-corrected chi connectivity index (χ3v) is 3.96. The summed E-state index contributed by atoms with van der Waals surface area (Å²) in [5, 5.41) is 9.07. The highest BCUT2D eigenvalue weighted by Crippen LogP contribution is 2.32. The van der Waals surface area contributed by atoms with Crippen LogP contribution in [0.1, 0.15) is 15.9 Å². The Labute approximate surface area is 150 Å². The minimum Gasteiger partial charge on any atom is -0.338 e. The van der Waals surface area contributed by atoms with Crippen LogP contribution < -0.4 is 5.32 Å². The molecular weight excluding hydrogens is 359 g/mol. The number of halogens is 3. The number of H-pyrrole nitrogens is 2. The van der Waals surface area contributed by atoms with Crippen LogP contribution in [0, 0.1) is 0 Å². The summed E-state index contributed by atoms with van der Waals surface area (Å²) in [5.74, 6) is 0.177. The van der Waals surface area contributed by atoms with Gasteiger partial charge in [0.2, 0.25) is 0 Å². The summed E-state index contributed by atoms with van der Waals surface area (Å²) in [7, 11) is 0.